The number of ketones is 1. The van der Waals surface area contributed by atoms with Crippen LogP contribution in [-0.4, -0.2) is 10.8 Å². The lowest BCUT2D eigenvalue weighted by molar-refractivity contribution is -0.116. The number of nitrogens with zero attached hydrogens (tertiary/aromatic N) is 1. The molecule has 0 saturated carbocycles. The molecule has 1 aliphatic carbocycles. The van der Waals surface area contributed by atoms with E-state index in [4.69, 9.17) is 0 Å². The molecule has 2 aromatic carbocycles. The Labute approximate surface area is 150 Å². The second-order valence-electron chi connectivity index (χ2n) is 6.85. The summed E-state index contributed by atoms with van der Waals surface area (Å²) in [7, 11) is 0. The Kier molecular flexibility index (Phi) is 3.38. The highest BCUT2D eigenvalue weighted by molar-refractivity contribution is 6.03. The summed E-state index contributed by atoms with van der Waals surface area (Å²) in [5.74, 6) is -0.571. The van der Waals surface area contributed by atoms with Crippen LogP contribution in [0.2, 0.25) is 0 Å². The molecule has 2 heterocycles. The van der Waals surface area contributed by atoms with Gasteiger partial charge in [-0.2, -0.15) is 0 Å². The molecule has 26 heavy (non-hydrogen) atoms. The third kappa shape index (κ3) is 2.18. The van der Waals surface area contributed by atoms with E-state index in [0.717, 1.165) is 40.7 Å². The minimum atomic E-state index is -0.400. The zero-order valence-electron chi connectivity index (χ0n) is 14.1. The van der Waals surface area contributed by atoms with E-state index in [-0.39, 0.29) is 11.6 Å². The first-order chi connectivity index (χ1) is 12.7. The van der Waals surface area contributed by atoms with Gasteiger partial charge in [0.15, 0.2) is 5.78 Å². The molecule has 0 amide bonds. The van der Waals surface area contributed by atoms with Crippen LogP contribution in [0.1, 0.15) is 36.3 Å². The van der Waals surface area contributed by atoms with Gasteiger partial charge in [0, 0.05) is 46.4 Å². The highest BCUT2D eigenvalue weighted by Crippen LogP contribution is 2.48. The largest absolute Gasteiger partial charge is 0.358 e. The van der Waals surface area contributed by atoms with Crippen molar-refractivity contribution < 1.29 is 9.18 Å². The molecule has 1 aromatic heterocycles. The zero-order chi connectivity index (χ0) is 17.7. The maximum atomic E-state index is 14.8. The van der Waals surface area contributed by atoms with Crippen LogP contribution in [-0.2, 0) is 4.79 Å². The first-order valence-electron chi connectivity index (χ1n) is 8.89. The average molecular weight is 344 g/mol. The number of allylic oxidation sites excluding steroid dienone is 2. The summed E-state index contributed by atoms with van der Waals surface area (Å²) in [5, 5.41) is 4.40. The third-order valence-electron chi connectivity index (χ3n) is 5.36. The van der Waals surface area contributed by atoms with Gasteiger partial charge < -0.3 is 5.32 Å². The first-order valence-corrected chi connectivity index (χ1v) is 8.89. The molecule has 1 atom stereocenters. The van der Waals surface area contributed by atoms with Gasteiger partial charge in [-0.1, -0.05) is 24.3 Å². The number of Topliss-reactive ketones (excluding diaryl/α,β-unsaturated/α-hetero) is 1. The number of carbonyl (C=O) groups is 1. The van der Waals surface area contributed by atoms with Gasteiger partial charge in [0.05, 0.1) is 5.52 Å². The van der Waals surface area contributed by atoms with Crippen molar-refractivity contribution in [1.82, 2.24) is 4.98 Å². The number of hydrogen-bond acceptors (Lipinski definition) is 3. The van der Waals surface area contributed by atoms with Crippen LogP contribution in [0.5, 0.6) is 0 Å². The van der Waals surface area contributed by atoms with E-state index >= 15 is 0 Å². The normalized spacial score (nSPS) is 19.1. The molecule has 5 rings (SSSR count). The SMILES string of the molecule is O=C1CCCC2=C1[C@H](c1ccccc1F)c1c(ccc3ncccc13)N2. The maximum absolute atomic E-state index is 14.8. The van der Waals surface area contributed by atoms with E-state index in [1.807, 2.05) is 30.3 Å². The minimum absolute atomic E-state index is 0.110. The highest BCUT2D eigenvalue weighted by Gasteiger charge is 2.37. The quantitative estimate of drug-likeness (QED) is 0.680. The standard InChI is InChI=1S/C22H17FN2O/c23-15-7-2-1-5-13(15)21-20-14-6-4-12-24-16(14)10-11-18(20)25-17-8-3-9-19(26)22(17)21/h1-2,4-7,10-12,21,25H,3,8-9H2/t21-/m1/s1. The fourth-order valence-electron chi connectivity index (χ4n) is 4.25. The van der Waals surface area contributed by atoms with E-state index in [9.17, 15) is 9.18 Å². The minimum Gasteiger partial charge on any atom is -0.358 e. The number of fused-ring (bicyclic) bond motifs is 3. The number of carbonyl (C=O) groups excluding carboxylic acids is 1. The number of rotatable bonds is 1. The Morgan fingerprint density at radius 3 is 2.81 bits per heavy atom. The number of anilines is 1. The Morgan fingerprint density at radius 1 is 1.04 bits per heavy atom. The number of nitrogens with one attached hydrogen (secondary N) is 1. The lowest BCUT2D eigenvalue weighted by Gasteiger charge is -2.34. The van der Waals surface area contributed by atoms with E-state index in [2.05, 4.69) is 10.3 Å². The van der Waals surface area contributed by atoms with Gasteiger partial charge in [-0.25, -0.2) is 4.39 Å². The van der Waals surface area contributed by atoms with E-state index in [0.29, 0.717) is 17.6 Å². The topological polar surface area (TPSA) is 42.0 Å². The molecule has 128 valence electrons. The third-order valence-corrected chi connectivity index (χ3v) is 5.36. The number of pyridine rings is 1. The number of aromatic nitrogens is 1. The smallest absolute Gasteiger partial charge is 0.161 e. The van der Waals surface area contributed by atoms with Gasteiger partial charge in [0.2, 0.25) is 0 Å². The van der Waals surface area contributed by atoms with Gasteiger partial charge in [0.25, 0.3) is 0 Å². The number of halogens is 1. The Hall–Kier alpha value is -3.01. The molecule has 4 heteroatoms. The average Bonchev–Trinajstić information content (AvgIpc) is 2.67. The maximum Gasteiger partial charge on any atom is 0.161 e. The van der Waals surface area contributed by atoms with Crippen molar-refractivity contribution in [2.75, 3.05) is 5.32 Å². The predicted octanol–water partition coefficient (Wildman–Crippen LogP) is 4.94. The summed E-state index contributed by atoms with van der Waals surface area (Å²) in [4.78, 5) is 17.3. The van der Waals surface area contributed by atoms with Crippen molar-refractivity contribution in [2.45, 2.75) is 25.2 Å². The predicted molar refractivity (Wildman–Crippen MR) is 99.5 cm³/mol. The molecule has 0 spiro atoms. The molecule has 3 aromatic rings. The molecule has 2 aliphatic rings. The van der Waals surface area contributed by atoms with Crippen molar-refractivity contribution in [3.05, 3.63) is 82.9 Å². The van der Waals surface area contributed by atoms with Crippen molar-refractivity contribution in [3.8, 4) is 0 Å². The fraction of sp³-hybridized carbons (Fsp3) is 0.182. The van der Waals surface area contributed by atoms with E-state index in [1.54, 1.807) is 18.3 Å². The summed E-state index contributed by atoms with van der Waals surface area (Å²) in [6.45, 7) is 0. The Morgan fingerprint density at radius 2 is 1.92 bits per heavy atom. The molecule has 0 saturated heterocycles. The highest BCUT2D eigenvalue weighted by atomic mass is 19.1. The monoisotopic (exact) mass is 344 g/mol. The van der Waals surface area contributed by atoms with Crippen LogP contribution >= 0.6 is 0 Å². The first kappa shape index (κ1) is 15.3. The molecular weight excluding hydrogens is 327 g/mol. The summed E-state index contributed by atoms with van der Waals surface area (Å²) in [5.41, 5.74) is 4.92. The summed E-state index contributed by atoms with van der Waals surface area (Å²) < 4.78 is 14.8. The molecule has 0 unspecified atom stereocenters. The molecular formula is C22H17FN2O. The van der Waals surface area contributed by atoms with Crippen LogP contribution < -0.4 is 5.32 Å². The van der Waals surface area contributed by atoms with Crippen LogP contribution in [0.4, 0.5) is 10.1 Å². The van der Waals surface area contributed by atoms with Crippen molar-refractivity contribution in [1.29, 1.82) is 0 Å². The summed E-state index contributed by atoms with van der Waals surface area (Å²) in [6.07, 6.45) is 3.92. The molecule has 1 aliphatic heterocycles. The second kappa shape index (κ2) is 5.77. The lowest BCUT2D eigenvalue weighted by atomic mass is 9.74. The summed E-state index contributed by atoms with van der Waals surface area (Å²) >= 11 is 0. The fourth-order valence-corrected chi connectivity index (χ4v) is 4.25. The van der Waals surface area contributed by atoms with E-state index in [1.165, 1.54) is 6.07 Å². The number of hydrogen-bond donors (Lipinski definition) is 1. The van der Waals surface area contributed by atoms with Crippen LogP contribution in [0.3, 0.4) is 0 Å². The summed E-state index contributed by atoms with van der Waals surface area (Å²) in [6, 6.07) is 14.6. The Balaban J connectivity index is 1.87. The van der Waals surface area contributed by atoms with Crippen LogP contribution in [0.25, 0.3) is 10.9 Å². The second-order valence-corrected chi connectivity index (χ2v) is 6.85. The van der Waals surface area contributed by atoms with Crippen molar-refractivity contribution in [3.63, 3.8) is 0 Å². The van der Waals surface area contributed by atoms with Gasteiger partial charge in [0.1, 0.15) is 5.82 Å². The molecule has 0 radical (unpaired) electrons. The molecule has 0 bridgehead atoms. The van der Waals surface area contributed by atoms with Gasteiger partial charge in [-0.05, 0) is 42.7 Å². The van der Waals surface area contributed by atoms with E-state index < -0.39 is 5.92 Å². The zero-order valence-corrected chi connectivity index (χ0v) is 14.1. The van der Waals surface area contributed by atoms with Crippen LogP contribution in [0.15, 0.2) is 66.0 Å². The van der Waals surface area contributed by atoms with Gasteiger partial charge >= 0.3 is 0 Å². The number of benzene rings is 2. The van der Waals surface area contributed by atoms with Crippen LogP contribution in [0, 0.1) is 5.82 Å². The van der Waals surface area contributed by atoms with Gasteiger partial charge in [-0.3, -0.25) is 9.78 Å². The lowest BCUT2D eigenvalue weighted by Crippen LogP contribution is -2.27. The molecule has 0 fully saturated rings. The van der Waals surface area contributed by atoms with Crippen molar-refractivity contribution >= 4 is 22.4 Å². The Bertz CT molecular complexity index is 1090. The van der Waals surface area contributed by atoms with Crippen molar-refractivity contribution in [2.24, 2.45) is 0 Å². The van der Waals surface area contributed by atoms with Gasteiger partial charge in [-0.15, -0.1) is 0 Å². The molecule has 3 nitrogen and oxygen atoms in total. The molecule has 1 N–H and O–H groups in total.